The Labute approximate surface area is 333 Å². The molecule has 0 spiro atoms. The van der Waals surface area contributed by atoms with E-state index in [1.165, 1.54) is 64.2 Å². The fourth-order valence-electron chi connectivity index (χ4n) is 3.84. The van der Waals surface area contributed by atoms with Crippen LogP contribution in [0.3, 0.4) is 0 Å². The number of carboxylic acid groups (broad SMARTS) is 2. The molecule has 0 aromatic heterocycles. The number of aliphatic carboxylic acids is 2. The number of ether oxygens (including phenoxy) is 2. The minimum Gasteiger partial charge on any atom is -0.412 e. The van der Waals surface area contributed by atoms with Crippen LogP contribution in [0.4, 0.5) is 0 Å². The molecule has 300 valence electrons. The summed E-state index contributed by atoms with van der Waals surface area (Å²) in [4.78, 5) is 42.0. The van der Waals surface area contributed by atoms with Crippen LogP contribution in [0, 0.1) is 11.8 Å². The van der Waals surface area contributed by atoms with E-state index in [1.807, 2.05) is 0 Å². The van der Waals surface area contributed by atoms with Gasteiger partial charge in [0.25, 0.3) is 0 Å². The Kier molecular flexibility index (Phi) is 59.2. The van der Waals surface area contributed by atoms with Gasteiger partial charge in [0.15, 0.2) is 0 Å². The molecule has 0 saturated heterocycles. The Morgan fingerprint density at radius 2 is 0.784 bits per heavy atom. The quantitative estimate of drug-likeness (QED) is 0.0340. The van der Waals surface area contributed by atoms with E-state index in [0.717, 1.165) is 62.8 Å². The maximum atomic E-state index is 10.9. The smallest absolute Gasteiger partial charge is 0.412 e. The number of esters is 2. The van der Waals surface area contributed by atoms with Crippen molar-refractivity contribution in [3.05, 3.63) is 24.3 Å². The normalized spacial score (nSPS) is 10.4. The minimum absolute atomic E-state index is 0. The predicted molar refractivity (Wildman–Crippen MR) is 216 cm³/mol. The zero-order valence-electron chi connectivity index (χ0n) is 33.9. The molecule has 51 heavy (non-hydrogen) atoms. The number of carboxylic acids is 2. The number of unbranched alkanes of at least 4 members (excludes halogenated alkanes) is 8. The van der Waals surface area contributed by atoms with Crippen molar-refractivity contribution in [2.45, 2.75) is 176 Å². The summed E-state index contributed by atoms with van der Waals surface area (Å²) in [5.41, 5.74) is 0. The summed E-state index contributed by atoms with van der Waals surface area (Å²) < 4.78 is 16.1. The first-order chi connectivity index (χ1) is 23.9. The van der Waals surface area contributed by atoms with Crippen LogP contribution in [0.1, 0.15) is 158 Å². The number of rotatable bonds is 28. The average Bonchev–Trinajstić information content (AvgIpc) is 3.06. The number of hydrogen-bond acceptors (Lipinski definition) is 6. The first-order valence-electron chi connectivity index (χ1n) is 19.4. The van der Waals surface area contributed by atoms with E-state index in [0.29, 0.717) is 25.0 Å². The topological polar surface area (TPSA) is 159 Å². The second kappa shape index (κ2) is 51.0. The first kappa shape index (κ1) is 59.2. The number of carbonyl (C=O) groups excluding carboxylic acids is 2. The predicted octanol–water partition coefficient (Wildman–Crippen LogP) is 10.2. The van der Waals surface area contributed by atoms with Gasteiger partial charge in [-0.2, -0.15) is 0 Å². The van der Waals surface area contributed by atoms with Crippen molar-refractivity contribution in [1.82, 2.24) is 0 Å². The standard InChI is InChI=1S/2C12H20O4.4C4H9.H2O.2Sn/c2*1-10(2)6-4-3-5-9-16-12(15)8-7-11(13)14;4*1-3-4-2;;;/h2*7-8,10H,3-6,9H2,1-2H3,(H,13,14);4*1,3-4H2,2H3;1H2;;/b2*8-7+;;;;;;;. The Morgan fingerprint density at radius 1 is 0.490 bits per heavy atom. The van der Waals surface area contributed by atoms with Gasteiger partial charge in [0.1, 0.15) is 0 Å². The van der Waals surface area contributed by atoms with E-state index in [4.69, 9.17) is 19.7 Å². The Hall–Kier alpha value is -1.08. The fraction of sp³-hybridized carbons (Fsp3) is 0.800. The molecule has 9 nitrogen and oxygen atoms in total. The molecule has 0 aliphatic rings. The van der Waals surface area contributed by atoms with E-state index in [2.05, 4.69) is 55.4 Å². The van der Waals surface area contributed by atoms with Gasteiger partial charge in [0.05, 0.1) is 13.2 Å². The second-order valence-corrected chi connectivity index (χ2v) is 21.6. The SMILES string of the molecule is CC(C)CCCCCOC(=O)/C=C/C(=O)O.CC(C)CCCCCOC(=O)/C=C/C(=O)O.CCC[CH2][Sn][CH2]CCC.CCC[CH2][Sn][CH2]CCC.O. The Bertz CT molecular complexity index is 738. The molecule has 0 heterocycles. The zero-order chi connectivity index (χ0) is 38.7. The van der Waals surface area contributed by atoms with Crippen molar-refractivity contribution in [1.29, 1.82) is 0 Å². The molecule has 0 aromatic carbocycles. The van der Waals surface area contributed by atoms with E-state index < -0.39 is 23.9 Å². The second-order valence-electron chi connectivity index (χ2n) is 13.1. The van der Waals surface area contributed by atoms with Crippen LogP contribution in [0.2, 0.25) is 17.7 Å². The molecule has 0 fully saturated rings. The van der Waals surface area contributed by atoms with Crippen molar-refractivity contribution < 1.29 is 44.3 Å². The minimum atomic E-state index is -1.14. The molecule has 0 rings (SSSR count). The third-order valence-corrected chi connectivity index (χ3v) is 15.0. The summed E-state index contributed by atoms with van der Waals surface area (Å²) >= 11 is 0.299. The van der Waals surface area contributed by atoms with Crippen LogP contribution in [-0.2, 0) is 28.7 Å². The van der Waals surface area contributed by atoms with Crippen LogP contribution >= 0.6 is 0 Å². The van der Waals surface area contributed by atoms with Gasteiger partial charge in [-0.25, -0.2) is 19.2 Å². The molecular formula is C40H78O9Sn2. The van der Waals surface area contributed by atoms with Gasteiger partial charge in [-0.3, -0.25) is 0 Å². The van der Waals surface area contributed by atoms with Crippen molar-refractivity contribution in [3.8, 4) is 0 Å². The Morgan fingerprint density at radius 3 is 1.02 bits per heavy atom. The number of hydrogen-bond donors (Lipinski definition) is 2. The van der Waals surface area contributed by atoms with Crippen molar-refractivity contribution >= 4 is 66.2 Å². The monoisotopic (exact) mass is 942 g/mol. The molecule has 0 unspecified atom stereocenters. The Balaban J connectivity index is -0.000000190. The van der Waals surface area contributed by atoms with Gasteiger partial charge in [-0.05, 0) is 24.7 Å². The molecule has 0 amide bonds. The van der Waals surface area contributed by atoms with Gasteiger partial charge < -0.3 is 25.2 Å². The van der Waals surface area contributed by atoms with Gasteiger partial charge in [-0.15, -0.1) is 0 Å². The molecule has 0 atom stereocenters. The van der Waals surface area contributed by atoms with Crippen LogP contribution < -0.4 is 0 Å². The molecule has 0 aromatic rings. The summed E-state index contributed by atoms with van der Waals surface area (Å²) in [6, 6.07) is 0. The van der Waals surface area contributed by atoms with Crippen LogP contribution in [-0.4, -0.2) is 95.1 Å². The maximum absolute atomic E-state index is 10.9. The van der Waals surface area contributed by atoms with E-state index in [-0.39, 0.29) is 47.8 Å². The first-order valence-corrected chi connectivity index (χ1v) is 27.5. The third-order valence-electron chi connectivity index (χ3n) is 6.89. The fourth-order valence-corrected chi connectivity index (χ4v) is 12.2. The van der Waals surface area contributed by atoms with E-state index in [9.17, 15) is 19.2 Å². The van der Waals surface area contributed by atoms with Crippen molar-refractivity contribution in [2.75, 3.05) is 13.2 Å². The van der Waals surface area contributed by atoms with Crippen molar-refractivity contribution in [3.63, 3.8) is 0 Å². The molecule has 0 bridgehead atoms. The molecule has 0 saturated carbocycles. The summed E-state index contributed by atoms with van der Waals surface area (Å²) in [6.45, 7) is 18.6. The van der Waals surface area contributed by atoms with Gasteiger partial charge in [0.2, 0.25) is 0 Å². The maximum Gasteiger partial charge on any atom is -0.412 e. The van der Waals surface area contributed by atoms with Crippen LogP contribution in [0.15, 0.2) is 24.3 Å². The molecule has 4 N–H and O–H groups in total. The summed E-state index contributed by atoms with van der Waals surface area (Å²) in [5, 5.41) is 16.5. The zero-order valence-corrected chi connectivity index (χ0v) is 39.6. The molecule has 0 aliphatic heterocycles. The van der Waals surface area contributed by atoms with Gasteiger partial charge in [0, 0.05) is 24.3 Å². The van der Waals surface area contributed by atoms with Crippen LogP contribution in [0.5, 0.6) is 0 Å². The summed E-state index contributed by atoms with van der Waals surface area (Å²) in [6.07, 6.45) is 23.5. The molecule has 0 aliphatic carbocycles. The number of carbonyl (C=O) groups is 4. The molecule has 11 heteroatoms. The van der Waals surface area contributed by atoms with E-state index in [1.54, 1.807) is 17.7 Å². The molecular weight excluding hydrogens is 862 g/mol. The van der Waals surface area contributed by atoms with E-state index >= 15 is 0 Å². The summed E-state index contributed by atoms with van der Waals surface area (Å²) in [5.74, 6) is -2.05. The van der Waals surface area contributed by atoms with Gasteiger partial charge in [-0.1, -0.05) is 66.2 Å². The third kappa shape index (κ3) is 71.1. The summed E-state index contributed by atoms with van der Waals surface area (Å²) in [7, 11) is 0. The van der Waals surface area contributed by atoms with Crippen molar-refractivity contribution in [2.24, 2.45) is 11.8 Å². The van der Waals surface area contributed by atoms with Gasteiger partial charge >= 0.3 is 163 Å². The largest absolute Gasteiger partial charge is 0.412 e. The average molecular weight is 940 g/mol. The molecule has 4 radical (unpaired) electrons. The van der Waals surface area contributed by atoms with Crippen LogP contribution in [0.25, 0.3) is 0 Å².